The maximum atomic E-state index is 2.35. The van der Waals surface area contributed by atoms with Crippen molar-refractivity contribution in [1.29, 1.82) is 0 Å². The van der Waals surface area contributed by atoms with E-state index >= 15 is 0 Å². The molecule has 0 bridgehead atoms. The molecule has 0 saturated carbocycles. The van der Waals surface area contributed by atoms with Crippen LogP contribution in [0.4, 0.5) is 0 Å². The van der Waals surface area contributed by atoms with E-state index in [1.807, 2.05) is 0 Å². The monoisotopic (exact) mass is 241 g/mol. The first-order valence-corrected chi connectivity index (χ1v) is 8.38. The van der Waals surface area contributed by atoms with E-state index in [2.05, 4.69) is 25.7 Å². The van der Waals surface area contributed by atoms with Gasteiger partial charge in [-0.25, -0.2) is 0 Å². The predicted octanol–water partition coefficient (Wildman–Crippen LogP) is 6.39. The third-order valence-electron chi connectivity index (χ3n) is 2.83. The summed E-state index contributed by atoms with van der Waals surface area (Å²) in [6.07, 6.45) is 17.7. The Kier molecular flexibility index (Phi) is 15.3. The normalized spacial score (nSPS) is 12.1. The Bertz CT molecular complexity index is 140. The maximum Gasteiger partial charge on any atom is -0.0250 e. The van der Waals surface area contributed by atoms with Crippen LogP contribution in [0, 0.1) is 0 Å². The van der Waals surface area contributed by atoms with Gasteiger partial charge in [-0.1, -0.05) is 85.7 Å². The lowest BCUT2D eigenvalue weighted by Crippen LogP contribution is -1.80. The average Bonchev–Trinajstić information content (AvgIpc) is 2.31. The first-order chi connectivity index (χ1) is 7.91. The van der Waals surface area contributed by atoms with Crippen LogP contribution in [-0.4, -0.2) is 6.16 Å². The Balaban J connectivity index is 2.95. The molecule has 0 aliphatic carbocycles. The highest BCUT2D eigenvalue weighted by Crippen LogP contribution is 2.16. The number of hydrogen-bond acceptors (Lipinski definition) is 0. The summed E-state index contributed by atoms with van der Waals surface area (Å²) in [6, 6.07) is 0. The van der Waals surface area contributed by atoms with E-state index < -0.39 is 0 Å². The van der Waals surface area contributed by atoms with Crippen molar-refractivity contribution in [3.8, 4) is 0 Å². The fraction of sp³-hybridized carbons (Fsp3) is 0.867. The predicted molar refractivity (Wildman–Crippen MR) is 78.4 cm³/mol. The van der Waals surface area contributed by atoms with Crippen molar-refractivity contribution >= 4 is 8.58 Å². The molecule has 95 valence electrons. The van der Waals surface area contributed by atoms with Crippen molar-refractivity contribution in [2.24, 2.45) is 0 Å². The van der Waals surface area contributed by atoms with Crippen molar-refractivity contribution in [2.75, 3.05) is 6.16 Å². The highest BCUT2D eigenvalue weighted by molar-refractivity contribution is 7.41. The first-order valence-electron chi connectivity index (χ1n) is 7.23. The Morgan fingerprint density at radius 2 is 1.38 bits per heavy atom. The van der Waals surface area contributed by atoms with Gasteiger partial charge in [-0.3, -0.25) is 0 Å². The summed E-state index contributed by atoms with van der Waals surface area (Å²) in [6.45, 7) is 4.54. The van der Waals surface area contributed by atoms with Crippen molar-refractivity contribution in [1.82, 2.24) is 0 Å². The molecule has 0 heterocycles. The highest BCUT2D eigenvalue weighted by Gasteiger charge is 1.90. The van der Waals surface area contributed by atoms with E-state index in [9.17, 15) is 0 Å². The molecule has 0 aliphatic heterocycles. The van der Waals surface area contributed by atoms with Crippen LogP contribution in [0.1, 0.15) is 78.1 Å². The number of allylic oxidation sites excluding steroid dienone is 1. The summed E-state index contributed by atoms with van der Waals surface area (Å²) < 4.78 is 0. The minimum Gasteiger partial charge on any atom is -0.0837 e. The van der Waals surface area contributed by atoms with Gasteiger partial charge in [-0.05, 0) is 19.0 Å². The molecule has 0 aromatic heterocycles. The van der Waals surface area contributed by atoms with Crippen LogP contribution in [-0.2, 0) is 0 Å². The van der Waals surface area contributed by atoms with Gasteiger partial charge in [-0.15, -0.1) is 0 Å². The van der Waals surface area contributed by atoms with Crippen molar-refractivity contribution < 1.29 is 0 Å². The summed E-state index contributed by atoms with van der Waals surface area (Å²) >= 11 is 0. The Morgan fingerprint density at radius 1 is 0.750 bits per heavy atom. The molecule has 0 aromatic rings. The molecular formula is C15H30P. The lowest BCUT2D eigenvalue weighted by atomic mass is 10.1. The van der Waals surface area contributed by atoms with Crippen LogP contribution in [0.25, 0.3) is 0 Å². The Hall–Kier alpha value is 0.170. The van der Waals surface area contributed by atoms with Crippen molar-refractivity contribution in [2.45, 2.75) is 78.1 Å². The summed E-state index contributed by atoms with van der Waals surface area (Å²) in [5.41, 5.74) is 0. The number of unbranched alkanes of at least 4 members (excludes halogenated alkanes) is 8. The van der Waals surface area contributed by atoms with Gasteiger partial charge < -0.3 is 0 Å². The maximum absolute atomic E-state index is 2.35. The molecule has 0 nitrogen and oxygen atoms in total. The third-order valence-corrected chi connectivity index (χ3v) is 3.82. The molecule has 0 spiro atoms. The van der Waals surface area contributed by atoms with Crippen molar-refractivity contribution in [3.63, 3.8) is 0 Å². The van der Waals surface area contributed by atoms with E-state index in [-0.39, 0.29) is 0 Å². The molecule has 0 atom stereocenters. The van der Waals surface area contributed by atoms with Crippen LogP contribution in [0.3, 0.4) is 0 Å². The van der Waals surface area contributed by atoms with Crippen LogP contribution in [0.15, 0.2) is 11.9 Å². The molecule has 0 amide bonds. The summed E-state index contributed by atoms with van der Waals surface area (Å²) in [5.74, 6) is 2.35. The van der Waals surface area contributed by atoms with Gasteiger partial charge in [0.15, 0.2) is 0 Å². The Labute approximate surface area is 105 Å². The molecule has 0 N–H and O–H groups in total. The third kappa shape index (κ3) is 14.2. The zero-order valence-electron chi connectivity index (χ0n) is 11.4. The summed E-state index contributed by atoms with van der Waals surface area (Å²) in [4.78, 5) is 0. The van der Waals surface area contributed by atoms with Gasteiger partial charge in [-0.2, -0.15) is 0 Å². The lowest BCUT2D eigenvalue weighted by Gasteiger charge is -1.99. The van der Waals surface area contributed by atoms with Gasteiger partial charge in [0.2, 0.25) is 0 Å². The van der Waals surface area contributed by atoms with E-state index in [1.54, 1.807) is 0 Å². The zero-order chi connectivity index (χ0) is 11.9. The summed E-state index contributed by atoms with van der Waals surface area (Å²) in [7, 11) is 1.53. The van der Waals surface area contributed by atoms with Gasteiger partial charge >= 0.3 is 0 Å². The van der Waals surface area contributed by atoms with Crippen LogP contribution >= 0.6 is 8.58 Å². The molecule has 0 unspecified atom stereocenters. The van der Waals surface area contributed by atoms with E-state index in [1.165, 1.54) is 79.0 Å². The van der Waals surface area contributed by atoms with Gasteiger partial charge in [0.05, 0.1) is 0 Å². The van der Waals surface area contributed by atoms with Gasteiger partial charge in [0.25, 0.3) is 0 Å². The van der Waals surface area contributed by atoms with Gasteiger partial charge in [0, 0.05) is 0 Å². The quantitative estimate of drug-likeness (QED) is 0.274. The first kappa shape index (κ1) is 16.2. The molecule has 0 aliphatic rings. The minimum absolute atomic E-state index is 1.28. The second-order valence-electron chi connectivity index (χ2n) is 4.55. The molecule has 0 saturated heterocycles. The highest BCUT2D eigenvalue weighted by atomic mass is 31.1. The minimum atomic E-state index is 1.28. The molecule has 16 heavy (non-hydrogen) atoms. The fourth-order valence-corrected chi connectivity index (χ4v) is 2.56. The molecule has 0 rings (SSSR count). The van der Waals surface area contributed by atoms with E-state index in [0.717, 1.165) is 0 Å². The molecule has 0 fully saturated rings. The smallest absolute Gasteiger partial charge is 0.0250 e. The van der Waals surface area contributed by atoms with Crippen molar-refractivity contribution in [3.05, 3.63) is 11.9 Å². The number of rotatable bonds is 12. The van der Waals surface area contributed by atoms with Crippen LogP contribution < -0.4 is 0 Å². The van der Waals surface area contributed by atoms with E-state index in [0.29, 0.717) is 0 Å². The van der Waals surface area contributed by atoms with Crippen LogP contribution in [0.2, 0.25) is 0 Å². The second kappa shape index (κ2) is 15.2. The topological polar surface area (TPSA) is 0 Å². The second-order valence-corrected chi connectivity index (χ2v) is 5.67. The van der Waals surface area contributed by atoms with Crippen LogP contribution in [0.5, 0.6) is 0 Å². The van der Waals surface area contributed by atoms with Gasteiger partial charge in [0.1, 0.15) is 0 Å². The molecule has 1 heteroatoms. The fourth-order valence-electron chi connectivity index (χ4n) is 1.71. The Morgan fingerprint density at radius 3 is 2.06 bits per heavy atom. The SMILES string of the molecule is CCCC/C=C/[P]CCCCCCCCC. The van der Waals surface area contributed by atoms with E-state index in [4.69, 9.17) is 0 Å². The average molecular weight is 241 g/mol. The number of hydrogen-bond donors (Lipinski definition) is 0. The summed E-state index contributed by atoms with van der Waals surface area (Å²) in [5, 5.41) is 0. The largest absolute Gasteiger partial charge is 0.0837 e. The molecule has 0 aromatic carbocycles. The lowest BCUT2D eigenvalue weighted by molar-refractivity contribution is 0.603. The zero-order valence-corrected chi connectivity index (χ0v) is 12.3. The molecular weight excluding hydrogens is 211 g/mol. The molecule has 1 radical (unpaired) electrons. The standard InChI is InChI=1S/C15H30P/c1-3-5-7-9-10-11-13-15-16-14-12-8-6-4-2/h12,14H,3-11,13,15H2,1-2H3/b14-12+.